The number of nitrogens with zero attached hydrogens (tertiary/aromatic N) is 1. The Hall–Kier alpha value is -2.14. The SMILES string of the molecule is Nc1ccc(OCc2nc3ccccc3s2)c(F)c1. The van der Waals surface area contributed by atoms with Crippen LogP contribution in [0.15, 0.2) is 42.5 Å². The van der Waals surface area contributed by atoms with E-state index in [1.54, 1.807) is 17.4 Å². The molecule has 0 bridgehead atoms. The summed E-state index contributed by atoms with van der Waals surface area (Å²) in [7, 11) is 0. The molecule has 0 saturated heterocycles. The molecule has 19 heavy (non-hydrogen) atoms. The van der Waals surface area contributed by atoms with Gasteiger partial charge in [0.15, 0.2) is 11.6 Å². The van der Waals surface area contributed by atoms with Crippen molar-refractivity contribution in [3.8, 4) is 5.75 Å². The number of aromatic nitrogens is 1. The van der Waals surface area contributed by atoms with E-state index in [4.69, 9.17) is 10.5 Å². The topological polar surface area (TPSA) is 48.1 Å². The van der Waals surface area contributed by atoms with Gasteiger partial charge in [-0.2, -0.15) is 0 Å². The van der Waals surface area contributed by atoms with Crippen molar-refractivity contribution in [2.24, 2.45) is 0 Å². The molecule has 0 aliphatic rings. The Kier molecular flexibility index (Phi) is 3.05. The minimum absolute atomic E-state index is 0.188. The molecule has 3 nitrogen and oxygen atoms in total. The molecule has 0 aliphatic carbocycles. The lowest BCUT2D eigenvalue weighted by Gasteiger charge is -2.05. The second-order valence-corrected chi connectivity index (χ2v) is 5.17. The zero-order valence-corrected chi connectivity index (χ0v) is 10.8. The molecule has 0 aliphatic heterocycles. The van der Waals surface area contributed by atoms with E-state index < -0.39 is 5.82 Å². The maximum Gasteiger partial charge on any atom is 0.167 e. The van der Waals surface area contributed by atoms with Crippen LogP contribution in [0.3, 0.4) is 0 Å². The molecule has 3 aromatic rings. The third-order valence-electron chi connectivity index (χ3n) is 2.65. The summed E-state index contributed by atoms with van der Waals surface area (Å²) in [6.45, 7) is 0.250. The summed E-state index contributed by atoms with van der Waals surface area (Å²) >= 11 is 1.54. The molecule has 96 valence electrons. The molecule has 5 heteroatoms. The van der Waals surface area contributed by atoms with Crippen LogP contribution in [0, 0.1) is 5.82 Å². The molecular formula is C14H11FN2OS. The van der Waals surface area contributed by atoms with E-state index in [0.29, 0.717) is 5.69 Å². The fraction of sp³-hybridized carbons (Fsp3) is 0.0714. The van der Waals surface area contributed by atoms with Gasteiger partial charge in [0, 0.05) is 11.8 Å². The normalized spacial score (nSPS) is 10.8. The van der Waals surface area contributed by atoms with Crippen LogP contribution in [-0.4, -0.2) is 4.98 Å². The Morgan fingerprint density at radius 3 is 2.84 bits per heavy atom. The van der Waals surface area contributed by atoms with E-state index in [1.807, 2.05) is 24.3 Å². The Labute approximate surface area is 113 Å². The van der Waals surface area contributed by atoms with Gasteiger partial charge in [-0.15, -0.1) is 11.3 Å². The number of fused-ring (bicyclic) bond motifs is 1. The molecule has 1 heterocycles. The predicted octanol–water partition coefficient (Wildman–Crippen LogP) is 3.60. The summed E-state index contributed by atoms with van der Waals surface area (Å²) < 4.78 is 20.1. The van der Waals surface area contributed by atoms with Crippen molar-refractivity contribution in [2.75, 3.05) is 5.73 Å². The highest BCUT2D eigenvalue weighted by molar-refractivity contribution is 7.18. The number of hydrogen-bond donors (Lipinski definition) is 1. The number of nitrogen functional groups attached to an aromatic ring is 1. The van der Waals surface area contributed by atoms with Crippen LogP contribution in [0.1, 0.15) is 5.01 Å². The number of benzene rings is 2. The quantitative estimate of drug-likeness (QED) is 0.742. The summed E-state index contributed by atoms with van der Waals surface area (Å²) in [6, 6.07) is 12.2. The standard InChI is InChI=1S/C14H11FN2OS/c15-10-7-9(16)5-6-12(10)18-8-14-17-11-3-1-2-4-13(11)19-14/h1-7H,8,16H2. The van der Waals surface area contributed by atoms with Crippen LogP contribution in [0.2, 0.25) is 0 Å². The average molecular weight is 274 g/mol. The van der Waals surface area contributed by atoms with E-state index in [2.05, 4.69) is 4.98 Å². The lowest BCUT2D eigenvalue weighted by atomic mass is 10.3. The summed E-state index contributed by atoms with van der Waals surface area (Å²) in [6.07, 6.45) is 0. The molecule has 3 rings (SSSR count). The van der Waals surface area contributed by atoms with Gasteiger partial charge in [-0.3, -0.25) is 0 Å². The number of halogens is 1. The molecule has 2 N–H and O–H groups in total. The van der Waals surface area contributed by atoms with Gasteiger partial charge in [-0.25, -0.2) is 9.37 Å². The Morgan fingerprint density at radius 1 is 1.21 bits per heavy atom. The van der Waals surface area contributed by atoms with Gasteiger partial charge in [0.25, 0.3) is 0 Å². The first-order valence-electron chi connectivity index (χ1n) is 5.74. The predicted molar refractivity (Wildman–Crippen MR) is 74.8 cm³/mol. The number of thiazole rings is 1. The zero-order valence-electron chi connectivity index (χ0n) is 9.97. The molecule has 2 aromatic carbocycles. The van der Waals surface area contributed by atoms with Crippen LogP contribution in [0.5, 0.6) is 5.75 Å². The van der Waals surface area contributed by atoms with Crippen molar-refractivity contribution >= 4 is 27.2 Å². The highest BCUT2D eigenvalue weighted by atomic mass is 32.1. The number of anilines is 1. The Morgan fingerprint density at radius 2 is 2.05 bits per heavy atom. The van der Waals surface area contributed by atoms with E-state index in [0.717, 1.165) is 15.2 Å². The van der Waals surface area contributed by atoms with Crippen LogP contribution >= 0.6 is 11.3 Å². The second kappa shape index (κ2) is 4.85. The van der Waals surface area contributed by atoms with E-state index in [-0.39, 0.29) is 12.4 Å². The van der Waals surface area contributed by atoms with Gasteiger partial charge in [0.1, 0.15) is 11.6 Å². The number of rotatable bonds is 3. The van der Waals surface area contributed by atoms with Gasteiger partial charge in [0.2, 0.25) is 0 Å². The largest absolute Gasteiger partial charge is 0.483 e. The van der Waals surface area contributed by atoms with E-state index in [9.17, 15) is 4.39 Å². The molecule has 1 aromatic heterocycles. The molecule has 0 fully saturated rings. The van der Waals surface area contributed by atoms with Crippen molar-refractivity contribution in [1.29, 1.82) is 0 Å². The van der Waals surface area contributed by atoms with Crippen molar-refractivity contribution in [2.45, 2.75) is 6.61 Å². The summed E-state index contributed by atoms with van der Waals surface area (Å²) in [5.74, 6) is -0.269. The third kappa shape index (κ3) is 2.51. The molecular weight excluding hydrogens is 263 g/mol. The third-order valence-corrected chi connectivity index (χ3v) is 3.66. The maximum absolute atomic E-state index is 13.5. The smallest absolute Gasteiger partial charge is 0.167 e. The van der Waals surface area contributed by atoms with E-state index >= 15 is 0 Å². The minimum atomic E-state index is -0.457. The molecule has 0 radical (unpaired) electrons. The molecule has 0 saturated carbocycles. The highest BCUT2D eigenvalue weighted by Gasteiger charge is 2.07. The molecule has 0 atom stereocenters. The van der Waals surface area contributed by atoms with Gasteiger partial charge >= 0.3 is 0 Å². The van der Waals surface area contributed by atoms with Crippen molar-refractivity contribution in [3.63, 3.8) is 0 Å². The highest BCUT2D eigenvalue weighted by Crippen LogP contribution is 2.24. The first kappa shape index (κ1) is 11.9. The van der Waals surface area contributed by atoms with Crippen molar-refractivity contribution in [3.05, 3.63) is 53.3 Å². The van der Waals surface area contributed by atoms with Crippen LogP contribution in [0.25, 0.3) is 10.2 Å². The van der Waals surface area contributed by atoms with Crippen LogP contribution < -0.4 is 10.5 Å². The summed E-state index contributed by atoms with van der Waals surface area (Å²) in [5, 5.41) is 0.817. The zero-order chi connectivity index (χ0) is 13.2. The molecule has 0 unspecified atom stereocenters. The van der Waals surface area contributed by atoms with Gasteiger partial charge < -0.3 is 10.5 Å². The van der Waals surface area contributed by atoms with E-state index in [1.165, 1.54) is 12.1 Å². The van der Waals surface area contributed by atoms with Gasteiger partial charge in [-0.1, -0.05) is 12.1 Å². The fourth-order valence-electron chi connectivity index (χ4n) is 1.76. The second-order valence-electron chi connectivity index (χ2n) is 4.05. The monoisotopic (exact) mass is 274 g/mol. The number of ether oxygens (including phenoxy) is 1. The first-order valence-corrected chi connectivity index (χ1v) is 6.56. The number of nitrogens with two attached hydrogens (primary N) is 1. The maximum atomic E-state index is 13.5. The van der Waals surface area contributed by atoms with Crippen molar-refractivity contribution < 1.29 is 9.13 Å². The fourth-order valence-corrected chi connectivity index (χ4v) is 2.64. The summed E-state index contributed by atoms with van der Waals surface area (Å²) in [5.41, 5.74) is 6.79. The van der Waals surface area contributed by atoms with Gasteiger partial charge in [-0.05, 0) is 24.3 Å². The summed E-state index contributed by atoms with van der Waals surface area (Å²) in [4.78, 5) is 4.42. The van der Waals surface area contributed by atoms with Crippen molar-refractivity contribution in [1.82, 2.24) is 4.98 Å². The first-order chi connectivity index (χ1) is 9.22. The van der Waals surface area contributed by atoms with Crippen LogP contribution in [-0.2, 0) is 6.61 Å². The molecule has 0 amide bonds. The lowest BCUT2D eigenvalue weighted by molar-refractivity contribution is 0.290. The average Bonchev–Trinajstić information content (AvgIpc) is 2.80. The van der Waals surface area contributed by atoms with Gasteiger partial charge in [0.05, 0.1) is 10.2 Å². The number of para-hydroxylation sites is 1. The number of hydrogen-bond acceptors (Lipinski definition) is 4. The minimum Gasteiger partial charge on any atom is -0.483 e. The lowest BCUT2D eigenvalue weighted by Crippen LogP contribution is -1.97. The molecule has 0 spiro atoms. The Balaban J connectivity index is 1.78. The van der Waals surface area contributed by atoms with Crippen LogP contribution in [0.4, 0.5) is 10.1 Å². The Bertz CT molecular complexity index is 693.